The molecule has 1 unspecified atom stereocenters. The van der Waals surface area contributed by atoms with Gasteiger partial charge in [-0.2, -0.15) is 0 Å². The monoisotopic (exact) mass is 313 g/mol. The van der Waals surface area contributed by atoms with Crippen LogP contribution in [-0.4, -0.2) is 23.2 Å². The van der Waals surface area contributed by atoms with Crippen LogP contribution in [0.2, 0.25) is 0 Å². The topological polar surface area (TPSA) is 49.3 Å². The van der Waals surface area contributed by atoms with Crippen LogP contribution in [0.5, 0.6) is 0 Å². The first-order valence-corrected chi connectivity index (χ1v) is 8.31. The number of benzene rings is 1. The van der Waals surface area contributed by atoms with Crippen molar-refractivity contribution in [3.05, 3.63) is 63.9 Å². The molecule has 1 aromatic carbocycles. The van der Waals surface area contributed by atoms with Crippen LogP contribution in [0.15, 0.2) is 47.9 Å². The van der Waals surface area contributed by atoms with Gasteiger partial charge in [-0.25, -0.2) is 0 Å². The number of carbonyl (C=O) groups is 1. The number of hydrogen-bond donors (Lipinski definition) is 2. The second kappa shape index (κ2) is 6.46. The quantitative estimate of drug-likeness (QED) is 0.853. The minimum Gasteiger partial charge on any atom is -0.388 e. The number of nitrogens with one attached hydrogen (secondary N) is 1. The zero-order chi connectivity index (χ0) is 15.4. The fraction of sp³-hybridized carbons (Fsp3) is 0.278. The van der Waals surface area contributed by atoms with Crippen LogP contribution in [0.1, 0.15) is 22.4 Å². The summed E-state index contributed by atoms with van der Waals surface area (Å²) >= 11 is 1.59. The third-order valence-corrected chi connectivity index (χ3v) is 4.87. The van der Waals surface area contributed by atoms with E-state index in [1.165, 1.54) is 17.2 Å². The molecular weight excluding hydrogens is 294 g/mol. The molecule has 3 nitrogen and oxygen atoms in total. The predicted octanol–water partition coefficient (Wildman–Crippen LogP) is 2.80. The fourth-order valence-corrected chi connectivity index (χ4v) is 3.41. The van der Waals surface area contributed by atoms with Crippen molar-refractivity contribution in [2.45, 2.75) is 24.9 Å². The van der Waals surface area contributed by atoms with E-state index in [-0.39, 0.29) is 12.5 Å². The molecular formula is C18H19NO2S. The first kappa shape index (κ1) is 15.0. The fourth-order valence-electron chi connectivity index (χ4n) is 2.79. The molecule has 2 aromatic rings. The first-order chi connectivity index (χ1) is 10.6. The number of hydrogen-bond acceptors (Lipinski definition) is 3. The Balaban J connectivity index is 1.56. The van der Waals surface area contributed by atoms with Crippen molar-refractivity contribution in [3.63, 3.8) is 0 Å². The van der Waals surface area contributed by atoms with Crippen molar-refractivity contribution in [3.8, 4) is 0 Å². The van der Waals surface area contributed by atoms with Crippen LogP contribution < -0.4 is 5.32 Å². The van der Waals surface area contributed by atoms with Gasteiger partial charge < -0.3 is 10.4 Å². The number of aryl methyl sites for hydroxylation is 1. The first-order valence-electron chi connectivity index (χ1n) is 7.43. The maximum Gasteiger partial charge on any atom is 0.244 e. The second-order valence-electron chi connectivity index (χ2n) is 5.74. The van der Waals surface area contributed by atoms with Crippen LogP contribution >= 0.6 is 11.3 Å². The van der Waals surface area contributed by atoms with E-state index in [0.29, 0.717) is 12.8 Å². The van der Waals surface area contributed by atoms with Gasteiger partial charge in [0.1, 0.15) is 0 Å². The van der Waals surface area contributed by atoms with E-state index in [0.717, 1.165) is 11.3 Å². The van der Waals surface area contributed by atoms with E-state index in [2.05, 4.69) is 17.4 Å². The summed E-state index contributed by atoms with van der Waals surface area (Å²) in [6.45, 7) is 0.287. The second-order valence-corrected chi connectivity index (χ2v) is 6.72. The van der Waals surface area contributed by atoms with Crippen LogP contribution in [0, 0.1) is 0 Å². The average molecular weight is 313 g/mol. The Kier molecular flexibility index (Phi) is 4.41. The SMILES string of the molecule is O=C(C=Cc1cccs1)NCC1(O)CCc2ccccc2C1. The summed E-state index contributed by atoms with van der Waals surface area (Å²) in [7, 11) is 0. The van der Waals surface area contributed by atoms with Crippen molar-refractivity contribution in [2.75, 3.05) is 6.54 Å². The number of carbonyl (C=O) groups excluding carboxylic acids is 1. The van der Waals surface area contributed by atoms with Crippen LogP contribution in [0.3, 0.4) is 0 Å². The lowest BCUT2D eigenvalue weighted by molar-refractivity contribution is -0.117. The van der Waals surface area contributed by atoms with Crippen LogP contribution in [0.4, 0.5) is 0 Å². The van der Waals surface area contributed by atoms with Crippen molar-refractivity contribution >= 4 is 23.3 Å². The molecule has 1 aromatic heterocycles. The maximum absolute atomic E-state index is 11.9. The number of aliphatic hydroxyl groups is 1. The Hall–Kier alpha value is -1.91. The van der Waals surface area contributed by atoms with Gasteiger partial charge in [0, 0.05) is 23.9 Å². The zero-order valence-corrected chi connectivity index (χ0v) is 13.1. The molecule has 1 aliphatic rings. The molecule has 1 heterocycles. The Morgan fingerprint density at radius 3 is 2.86 bits per heavy atom. The Labute approximate surface area is 134 Å². The molecule has 0 aliphatic heterocycles. The minimum atomic E-state index is -0.846. The summed E-state index contributed by atoms with van der Waals surface area (Å²) in [5.74, 6) is -0.166. The normalized spacial score (nSPS) is 20.8. The molecule has 2 N–H and O–H groups in total. The molecule has 0 spiro atoms. The van der Waals surface area contributed by atoms with E-state index < -0.39 is 5.60 Å². The molecule has 1 atom stereocenters. The molecule has 0 saturated heterocycles. The highest BCUT2D eigenvalue weighted by atomic mass is 32.1. The van der Waals surface area contributed by atoms with Crippen LogP contribution in [0.25, 0.3) is 6.08 Å². The van der Waals surface area contributed by atoms with Gasteiger partial charge in [0.05, 0.1) is 5.60 Å². The molecule has 114 valence electrons. The highest BCUT2D eigenvalue weighted by Crippen LogP contribution is 2.28. The molecule has 1 amide bonds. The molecule has 0 radical (unpaired) electrons. The molecule has 3 rings (SSSR count). The Morgan fingerprint density at radius 1 is 1.27 bits per heavy atom. The Morgan fingerprint density at radius 2 is 2.09 bits per heavy atom. The molecule has 22 heavy (non-hydrogen) atoms. The van der Waals surface area contributed by atoms with E-state index >= 15 is 0 Å². The lowest BCUT2D eigenvalue weighted by atomic mass is 9.80. The average Bonchev–Trinajstić information content (AvgIpc) is 3.04. The summed E-state index contributed by atoms with van der Waals surface area (Å²) in [5.41, 5.74) is 1.64. The standard InChI is InChI=1S/C18H19NO2S/c20-17(8-7-16-6-3-11-22-16)19-13-18(21)10-9-14-4-1-2-5-15(14)12-18/h1-8,11,21H,9-10,12-13H2,(H,19,20). The largest absolute Gasteiger partial charge is 0.388 e. The van der Waals surface area contributed by atoms with Gasteiger partial charge in [-0.1, -0.05) is 30.3 Å². The molecule has 4 heteroatoms. The van der Waals surface area contributed by atoms with E-state index in [1.807, 2.05) is 29.6 Å². The van der Waals surface area contributed by atoms with E-state index in [1.54, 1.807) is 17.4 Å². The van der Waals surface area contributed by atoms with Gasteiger partial charge in [-0.15, -0.1) is 11.3 Å². The number of rotatable bonds is 4. The smallest absolute Gasteiger partial charge is 0.244 e. The highest BCUT2D eigenvalue weighted by Gasteiger charge is 2.31. The lowest BCUT2D eigenvalue weighted by Crippen LogP contribution is -2.46. The van der Waals surface area contributed by atoms with Crippen molar-refractivity contribution < 1.29 is 9.90 Å². The molecule has 0 fully saturated rings. The Bertz CT molecular complexity index is 678. The van der Waals surface area contributed by atoms with Crippen LogP contribution in [-0.2, 0) is 17.6 Å². The van der Waals surface area contributed by atoms with Crippen molar-refractivity contribution in [1.29, 1.82) is 0 Å². The number of amides is 1. The summed E-state index contributed by atoms with van der Waals surface area (Å²) in [6.07, 6.45) is 5.44. The third kappa shape index (κ3) is 3.64. The van der Waals surface area contributed by atoms with Gasteiger partial charge >= 0.3 is 0 Å². The summed E-state index contributed by atoms with van der Waals surface area (Å²) in [4.78, 5) is 12.9. The van der Waals surface area contributed by atoms with Gasteiger partial charge in [0.15, 0.2) is 0 Å². The lowest BCUT2D eigenvalue weighted by Gasteiger charge is -2.33. The number of fused-ring (bicyclic) bond motifs is 1. The third-order valence-electron chi connectivity index (χ3n) is 4.03. The summed E-state index contributed by atoms with van der Waals surface area (Å²) < 4.78 is 0. The predicted molar refractivity (Wildman–Crippen MR) is 89.8 cm³/mol. The highest BCUT2D eigenvalue weighted by molar-refractivity contribution is 7.10. The van der Waals surface area contributed by atoms with Gasteiger partial charge in [0.2, 0.25) is 5.91 Å². The number of thiophene rings is 1. The minimum absolute atomic E-state index is 0.166. The van der Waals surface area contributed by atoms with Crippen molar-refractivity contribution in [1.82, 2.24) is 5.32 Å². The van der Waals surface area contributed by atoms with Gasteiger partial charge in [0.25, 0.3) is 0 Å². The molecule has 0 saturated carbocycles. The molecule has 1 aliphatic carbocycles. The molecule has 0 bridgehead atoms. The maximum atomic E-state index is 11.9. The van der Waals surface area contributed by atoms with E-state index in [4.69, 9.17) is 0 Å². The zero-order valence-electron chi connectivity index (χ0n) is 12.3. The van der Waals surface area contributed by atoms with Crippen molar-refractivity contribution in [2.24, 2.45) is 0 Å². The van der Waals surface area contributed by atoms with Gasteiger partial charge in [-0.05, 0) is 41.5 Å². The summed E-state index contributed by atoms with van der Waals surface area (Å²) in [5, 5.41) is 15.5. The summed E-state index contributed by atoms with van der Waals surface area (Å²) in [6, 6.07) is 12.1. The van der Waals surface area contributed by atoms with Gasteiger partial charge in [-0.3, -0.25) is 4.79 Å². The van der Waals surface area contributed by atoms with E-state index in [9.17, 15) is 9.90 Å².